The van der Waals surface area contributed by atoms with Crippen molar-refractivity contribution in [1.29, 1.82) is 0 Å². The van der Waals surface area contributed by atoms with E-state index in [1.54, 1.807) is 11.1 Å². The quantitative estimate of drug-likeness (QED) is 0.169. The molecule has 1 spiro atoms. The minimum atomic E-state index is 0.144. The standard InChI is InChI=1S/C58H44N2/c1-2-11-38(12-3-1)39-13-10-14-44(32-39)60-54-19-8-5-16-48(54)50-24-21-41(34-57(50)60)40-22-26-56-51(33-40)49-17-6-9-20-55(49)59(56)45-23-25-47-46-15-4-7-18-52(46)58(53(47)35-45)42-28-36-27-37(30-42)31-43(58)29-36/h1-26,32-37,42-43H,27-31H2. The van der Waals surface area contributed by atoms with Crippen LogP contribution in [0, 0.1) is 23.7 Å². The van der Waals surface area contributed by atoms with Gasteiger partial charge >= 0.3 is 0 Å². The van der Waals surface area contributed by atoms with Gasteiger partial charge in [-0.25, -0.2) is 0 Å². The molecule has 0 amide bonds. The normalized spacial score (nSPS) is 22.4. The van der Waals surface area contributed by atoms with Gasteiger partial charge in [-0.1, -0.05) is 127 Å². The van der Waals surface area contributed by atoms with Gasteiger partial charge in [0.1, 0.15) is 0 Å². The summed E-state index contributed by atoms with van der Waals surface area (Å²) in [5.41, 5.74) is 18.7. The van der Waals surface area contributed by atoms with E-state index >= 15 is 0 Å². The first-order chi connectivity index (χ1) is 29.7. The summed E-state index contributed by atoms with van der Waals surface area (Å²) in [7, 11) is 0. The second-order valence-corrected chi connectivity index (χ2v) is 18.5. The molecule has 4 saturated carbocycles. The number of para-hydroxylation sites is 2. The number of nitrogens with zero attached hydrogens (tertiary/aromatic N) is 2. The summed E-state index contributed by atoms with van der Waals surface area (Å²) < 4.78 is 5.01. The Morgan fingerprint density at radius 2 is 0.900 bits per heavy atom. The maximum atomic E-state index is 2.64. The zero-order chi connectivity index (χ0) is 39.1. The molecule has 5 aliphatic carbocycles. The average Bonchev–Trinajstić information content (AvgIpc) is 3.92. The molecule has 15 rings (SSSR count). The lowest BCUT2D eigenvalue weighted by Gasteiger charge is -2.61. The molecule has 2 aromatic heterocycles. The van der Waals surface area contributed by atoms with Crippen molar-refractivity contribution in [3.63, 3.8) is 0 Å². The van der Waals surface area contributed by atoms with Crippen LogP contribution in [0.15, 0.2) is 182 Å². The van der Waals surface area contributed by atoms with Crippen LogP contribution < -0.4 is 0 Å². The number of aromatic nitrogens is 2. The van der Waals surface area contributed by atoms with Gasteiger partial charge in [-0.05, 0) is 155 Å². The van der Waals surface area contributed by atoms with Crippen molar-refractivity contribution in [1.82, 2.24) is 9.13 Å². The Balaban J connectivity index is 0.930. The predicted molar refractivity (Wildman–Crippen MR) is 249 cm³/mol. The van der Waals surface area contributed by atoms with Gasteiger partial charge in [0.15, 0.2) is 0 Å². The molecule has 60 heavy (non-hydrogen) atoms. The highest BCUT2D eigenvalue weighted by Gasteiger charge is 2.61. The zero-order valence-electron chi connectivity index (χ0n) is 33.6. The third-order valence-electron chi connectivity index (χ3n) is 15.7. The van der Waals surface area contributed by atoms with Crippen molar-refractivity contribution in [2.24, 2.45) is 23.7 Å². The third kappa shape index (κ3) is 4.44. The molecule has 4 bridgehead atoms. The number of benzene rings is 8. The summed E-state index contributed by atoms with van der Waals surface area (Å²) in [5, 5.41) is 5.14. The summed E-state index contributed by atoms with van der Waals surface area (Å²) in [4.78, 5) is 0. The van der Waals surface area contributed by atoms with Crippen molar-refractivity contribution < 1.29 is 0 Å². The number of hydrogen-bond donors (Lipinski definition) is 0. The van der Waals surface area contributed by atoms with Gasteiger partial charge in [-0.15, -0.1) is 0 Å². The van der Waals surface area contributed by atoms with Crippen molar-refractivity contribution in [3.05, 3.63) is 193 Å². The van der Waals surface area contributed by atoms with Crippen LogP contribution in [-0.2, 0) is 5.41 Å². The van der Waals surface area contributed by atoms with Crippen molar-refractivity contribution in [3.8, 4) is 44.8 Å². The Morgan fingerprint density at radius 3 is 1.70 bits per heavy atom. The highest BCUT2D eigenvalue weighted by Crippen LogP contribution is 2.69. The van der Waals surface area contributed by atoms with E-state index in [0.29, 0.717) is 0 Å². The van der Waals surface area contributed by atoms with E-state index in [9.17, 15) is 0 Å². The summed E-state index contributed by atoms with van der Waals surface area (Å²) in [6.07, 6.45) is 7.07. The molecule has 286 valence electrons. The topological polar surface area (TPSA) is 9.86 Å². The highest BCUT2D eigenvalue weighted by atomic mass is 15.0. The summed E-state index contributed by atoms with van der Waals surface area (Å²) in [5.74, 6) is 3.35. The van der Waals surface area contributed by atoms with Gasteiger partial charge in [0.2, 0.25) is 0 Å². The fraction of sp³-hybridized carbons (Fsp3) is 0.172. The third-order valence-corrected chi connectivity index (χ3v) is 15.7. The van der Waals surface area contributed by atoms with Gasteiger partial charge in [-0.3, -0.25) is 0 Å². The maximum absolute atomic E-state index is 2.64. The molecule has 0 unspecified atom stereocenters. The molecule has 10 aromatic rings. The Morgan fingerprint density at radius 1 is 0.333 bits per heavy atom. The summed E-state index contributed by atoms with van der Waals surface area (Å²) in [6.45, 7) is 0. The minimum Gasteiger partial charge on any atom is -0.309 e. The van der Waals surface area contributed by atoms with E-state index in [-0.39, 0.29) is 5.41 Å². The van der Waals surface area contributed by atoms with Crippen molar-refractivity contribution in [2.75, 3.05) is 0 Å². The van der Waals surface area contributed by atoms with Crippen molar-refractivity contribution >= 4 is 43.6 Å². The van der Waals surface area contributed by atoms with Crippen LogP contribution in [0.5, 0.6) is 0 Å². The molecule has 5 aliphatic rings. The minimum absolute atomic E-state index is 0.144. The Kier molecular flexibility index (Phi) is 6.76. The molecule has 4 fully saturated rings. The zero-order valence-corrected chi connectivity index (χ0v) is 33.6. The summed E-state index contributed by atoms with van der Waals surface area (Å²) >= 11 is 0. The van der Waals surface area contributed by atoms with Gasteiger partial charge < -0.3 is 9.13 Å². The molecule has 2 nitrogen and oxygen atoms in total. The molecule has 8 aromatic carbocycles. The SMILES string of the molecule is c1ccc(-c2cccc(-n3c4ccccc4c4ccc(-c5ccc6c(c5)c5ccccc5n6-c5ccc6c(c5)C5(c7ccccc7-6)C6CC7CC(C6)CC5C7)cc43)c2)cc1. The van der Waals surface area contributed by atoms with Gasteiger partial charge in [-0.2, -0.15) is 0 Å². The molecular weight excluding hydrogens is 725 g/mol. The van der Waals surface area contributed by atoms with E-state index in [1.807, 2.05) is 0 Å². The molecule has 2 heteroatoms. The molecule has 0 atom stereocenters. The first-order valence-corrected chi connectivity index (χ1v) is 22.2. The van der Waals surface area contributed by atoms with Crippen LogP contribution in [0.3, 0.4) is 0 Å². The van der Waals surface area contributed by atoms with E-state index < -0.39 is 0 Å². The molecule has 0 aliphatic heterocycles. The Hall–Kier alpha value is -6.64. The summed E-state index contributed by atoms with van der Waals surface area (Å²) in [6, 6.07) is 68.8. The number of hydrogen-bond acceptors (Lipinski definition) is 0. The fourth-order valence-corrected chi connectivity index (χ4v) is 13.6. The average molecular weight is 769 g/mol. The van der Waals surface area contributed by atoms with Crippen LogP contribution in [0.1, 0.15) is 43.2 Å². The fourth-order valence-electron chi connectivity index (χ4n) is 13.6. The maximum Gasteiger partial charge on any atom is 0.0547 e. The molecule has 0 radical (unpaired) electrons. The lowest BCUT2D eigenvalue weighted by atomic mass is 9.43. The number of fused-ring (bicyclic) bond motifs is 9. The van der Waals surface area contributed by atoms with E-state index in [0.717, 1.165) is 23.7 Å². The van der Waals surface area contributed by atoms with Crippen LogP contribution in [0.2, 0.25) is 0 Å². The second kappa shape index (κ2) is 12.2. The molecule has 0 N–H and O–H groups in total. The monoisotopic (exact) mass is 768 g/mol. The number of rotatable bonds is 4. The van der Waals surface area contributed by atoms with Crippen LogP contribution in [-0.4, -0.2) is 9.13 Å². The van der Waals surface area contributed by atoms with Crippen molar-refractivity contribution in [2.45, 2.75) is 37.5 Å². The van der Waals surface area contributed by atoms with Gasteiger partial charge in [0, 0.05) is 38.3 Å². The van der Waals surface area contributed by atoms with Crippen LogP contribution in [0.25, 0.3) is 88.4 Å². The van der Waals surface area contributed by atoms with Crippen LogP contribution in [0.4, 0.5) is 0 Å². The molecule has 2 heterocycles. The van der Waals surface area contributed by atoms with Gasteiger partial charge in [0.25, 0.3) is 0 Å². The molecular formula is C58H44N2. The Bertz CT molecular complexity index is 3370. The van der Waals surface area contributed by atoms with E-state index in [2.05, 4.69) is 191 Å². The highest BCUT2D eigenvalue weighted by molar-refractivity contribution is 6.12. The van der Waals surface area contributed by atoms with E-state index in [1.165, 1.54) is 120 Å². The second-order valence-electron chi connectivity index (χ2n) is 18.5. The largest absolute Gasteiger partial charge is 0.309 e. The van der Waals surface area contributed by atoms with Gasteiger partial charge in [0.05, 0.1) is 22.1 Å². The predicted octanol–water partition coefficient (Wildman–Crippen LogP) is 14.9. The van der Waals surface area contributed by atoms with E-state index in [4.69, 9.17) is 0 Å². The smallest absolute Gasteiger partial charge is 0.0547 e. The first-order valence-electron chi connectivity index (χ1n) is 22.2. The van der Waals surface area contributed by atoms with Crippen LogP contribution >= 0.6 is 0 Å². The first kappa shape index (κ1) is 33.2. The lowest BCUT2D eigenvalue weighted by Crippen LogP contribution is -2.55. The molecule has 0 saturated heterocycles. The lowest BCUT2D eigenvalue weighted by molar-refractivity contribution is -0.0399. The Labute approximate surface area is 350 Å².